The van der Waals surface area contributed by atoms with Crippen molar-refractivity contribution in [3.8, 4) is 11.5 Å². The van der Waals surface area contributed by atoms with Crippen molar-refractivity contribution in [2.75, 3.05) is 26.4 Å². The van der Waals surface area contributed by atoms with Crippen LogP contribution in [-0.4, -0.2) is 54.2 Å². The number of likely N-dealkylation sites (N-methyl/N-ethyl adjacent to an activating group) is 1. The summed E-state index contributed by atoms with van der Waals surface area (Å²) in [5.74, 6) is 1.92. The first-order valence-corrected chi connectivity index (χ1v) is 10.5. The van der Waals surface area contributed by atoms with E-state index in [4.69, 9.17) is 9.47 Å². The summed E-state index contributed by atoms with van der Waals surface area (Å²) >= 11 is 0. The van der Waals surface area contributed by atoms with Gasteiger partial charge in [0.15, 0.2) is 11.5 Å². The maximum absolute atomic E-state index is 12.9. The van der Waals surface area contributed by atoms with Crippen molar-refractivity contribution >= 4 is 5.91 Å². The lowest BCUT2D eigenvalue weighted by atomic mass is 10.0. The second-order valence-electron chi connectivity index (χ2n) is 7.76. The van der Waals surface area contributed by atoms with Gasteiger partial charge in [-0.2, -0.15) is 0 Å². The highest BCUT2D eigenvalue weighted by molar-refractivity contribution is 5.76. The Hall–Kier alpha value is -1.75. The minimum atomic E-state index is 0.227. The molecule has 5 heteroatoms. The van der Waals surface area contributed by atoms with Crippen LogP contribution in [0.2, 0.25) is 0 Å². The Morgan fingerprint density at radius 2 is 1.93 bits per heavy atom. The van der Waals surface area contributed by atoms with E-state index in [1.165, 1.54) is 31.5 Å². The normalized spacial score (nSPS) is 18.5. The third-order valence-corrected chi connectivity index (χ3v) is 6.02. The number of fused-ring (bicyclic) bond motifs is 1. The van der Waals surface area contributed by atoms with Gasteiger partial charge in [-0.15, -0.1) is 0 Å². The number of carbonyl (C=O) groups is 1. The van der Waals surface area contributed by atoms with E-state index in [1.54, 1.807) is 0 Å². The predicted molar refractivity (Wildman–Crippen MR) is 107 cm³/mol. The zero-order valence-corrected chi connectivity index (χ0v) is 17.1. The van der Waals surface area contributed by atoms with Gasteiger partial charge in [0.25, 0.3) is 0 Å². The topological polar surface area (TPSA) is 42.0 Å². The van der Waals surface area contributed by atoms with Gasteiger partial charge < -0.3 is 19.3 Å². The SMILES string of the molecule is CC[C@H](Cc1ccc2c(c1)OCO2)N(CC)C(=O)CCC(C)N1CCCC1. The highest BCUT2D eigenvalue weighted by atomic mass is 16.7. The maximum atomic E-state index is 12.9. The average molecular weight is 375 g/mol. The molecule has 1 amide bonds. The van der Waals surface area contributed by atoms with Gasteiger partial charge in [-0.25, -0.2) is 0 Å². The Morgan fingerprint density at radius 1 is 1.19 bits per heavy atom. The third-order valence-electron chi connectivity index (χ3n) is 6.02. The van der Waals surface area contributed by atoms with Crippen molar-refractivity contribution in [3.05, 3.63) is 23.8 Å². The van der Waals surface area contributed by atoms with E-state index in [1.807, 2.05) is 6.07 Å². The molecule has 0 N–H and O–H groups in total. The van der Waals surface area contributed by atoms with Crippen LogP contribution in [0, 0.1) is 0 Å². The Balaban J connectivity index is 1.57. The first kappa shape index (κ1) is 20.0. The summed E-state index contributed by atoms with van der Waals surface area (Å²) in [6, 6.07) is 6.84. The molecule has 0 aliphatic carbocycles. The highest BCUT2D eigenvalue weighted by Gasteiger charge is 2.24. The molecule has 1 unspecified atom stereocenters. The average Bonchev–Trinajstić information content (AvgIpc) is 3.37. The zero-order chi connectivity index (χ0) is 19.2. The van der Waals surface area contributed by atoms with Gasteiger partial charge >= 0.3 is 0 Å². The number of benzene rings is 1. The van der Waals surface area contributed by atoms with Gasteiger partial charge in [0.05, 0.1) is 0 Å². The van der Waals surface area contributed by atoms with Crippen LogP contribution in [0.3, 0.4) is 0 Å². The fourth-order valence-corrected chi connectivity index (χ4v) is 4.29. The van der Waals surface area contributed by atoms with Crippen molar-refractivity contribution in [1.82, 2.24) is 9.80 Å². The Bertz CT molecular complexity index is 628. The lowest BCUT2D eigenvalue weighted by molar-refractivity contribution is -0.133. The van der Waals surface area contributed by atoms with Gasteiger partial charge in [-0.1, -0.05) is 13.0 Å². The summed E-state index contributed by atoms with van der Waals surface area (Å²) in [6.45, 7) is 9.96. The Morgan fingerprint density at radius 3 is 2.63 bits per heavy atom. The van der Waals surface area contributed by atoms with E-state index >= 15 is 0 Å². The van der Waals surface area contributed by atoms with Crippen molar-refractivity contribution in [1.29, 1.82) is 0 Å². The Labute approximate surface area is 163 Å². The molecule has 0 saturated carbocycles. The van der Waals surface area contributed by atoms with Crippen LogP contribution in [0.5, 0.6) is 11.5 Å². The van der Waals surface area contributed by atoms with E-state index in [-0.39, 0.29) is 11.9 Å². The number of hydrogen-bond donors (Lipinski definition) is 0. The third kappa shape index (κ3) is 4.95. The van der Waals surface area contributed by atoms with Crippen LogP contribution in [-0.2, 0) is 11.2 Å². The lowest BCUT2D eigenvalue weighted by Gasteiger charge is -2.31. The van der Waals surface area contributed by atoms with E-state index in [9.17, 15) is 4.79 Å². The number of amides is 1. The lowest BCUT2D eigenvalue weighted by Crippen LogP contribution is -2.42. The Kier molecular flexibility index (Phi) is 7.00. The summed E-state index contributed by atoms with van der Waals surface area (Å²) < 4.78 is 10.9. The minimum Gasteiger partial charge on any atom is -0.454 e. The van der Waals surface area contributed by atoms with Crippen LogP contribution in [0.25, 0.3) is 0 Å². The van der Waals surface area contributed by atoms with Crippen LogP contribution < -0.4 is 9.47 Å². The van der Waals surface area contributed by atoms with Gasteiger partial charge in [0.2, 0.25) is 12.7 Å². The van der Waals surface area contributed by atoms with Crippen LogP contribution in [0.4, 0.5) is 0 Å². The molecule has 5 nitrogen and oxygen atoms in total. The molecule has 2 aliphatic heterocycles. The predicted octanol–water partition coefficient (Wildman–Crippen LogP) is 3.85. The standard InChI is InChI=1S/C22H34N2O3/c1-4-19(14-18-9-10-20-21(15-18)27-16-26-20)24(5-2)22(25)11-8-17(3)23-12-6-7-13-23/h9-10,15,17,19H,4-8,11-14,16H2,1-3H3/t17?,19-/m1/s1. The molecule has 3 rings (SSSR count). The van der Waals surface area contributed by atoms with E-state index in [2.05, 4.69) is 42.7 Å². The molecule has 0 radical (unpaired) electrons. The fourth-order valence-electron chi connectivity index (χ4n) is 4.29. The van der Waals surface area contributed by atoms with E-state index in [0.29, 0.717) is 19.3 Å². The first-order valence-electron chi connectivity index (χ1n) is 10.5. The second-order valence-corrected chi connectivity index (χ2v) is 7.76. The molecule has 0 aromatic heterocycles. The summed E-state index contributed by atoms with van der Waals surface area (Å²) in [5, 5.41) is 0. The molecule has 2 heterocycles. The summed E-state index contributed by atoms with van der Waals surface area (Å²) in [7, 11) is 0. The molecule has 1 aromatic carbocycles. The van der Waals surface area contributed by atoms with Crippen molar-refractivity contribution in [2.45, 2.75) is 71.4 Å². The first-order chi connectivity index (χ1) is 13.1. The monoisotopic (exact) mass is 374 g/mol. The summed E-state index contributed by atoms with van der Waals surface area (Å²) in [5.41, 5.74) is 1.20. The largest absolute Gasteiger partial charge is 0.454 e. The maximum Gasteiger partial charge on any atom is 0.231 e. The molecular weight excluding hydrogens is 340 g/mol. The number of carbonyl (C=O) groups excluding carboxylic acids is 1. The second kappa shape index (κ2) is 9.45. The number of nitrogens with zero attached hydrogens (tertiary/aromatic N) is 2. The molecule has 1 saturated heterocycles. The molecule has 1 fully saturated rings. The molecule has 2 atom stereocenters. The molecule has 1 aromatic rings. The quantitative estimate of drug-likeness (QED) is 0.658. The number of rotatable bonds is 9. The van der Waals surface area contributed by atoms with Gasteiger partial charge in [0, 0.05) is 25.0 Å². The van der Waals surface area contributed by atoms with Crippen molar-refractivity contribution < 1.29 is 14.3 Å². The number of ether oxygens (including phenoxy) is 2. The van der Waals surface area contributed by atoms with E-state index in [0.717, 1.165) is 37.3 Å². The fraction of sp³-hybridized carbons (Fsp3) is 0.682. The van der Waals surface area contributed by atoms with Gasteiger partial charge in [-0.3, -0.25) is 4.79 Å². The molecular formula is C22H34N2O3. The molecule has 0 bridgehead atoms. The van der Waals surface area contributed by atoms with E-state index < -0.39 is 0 Å². The van der Waals surface area contributed by atoms with Crippen molar-refractivity contribution in [2.24, 2.45) is 0 Å². The van der Waals surface area contributed by atoms with Gasteiger partial charge in [0.1, 0.15) is 0 Å². The van der Waals surface area contributed by atoms with Crippen molar-refractivity contribution in [3.63, 3.8) is 0 Å². The zero-order valence-electron chi connectivity index (χ0n) is 17.1. The van der Waals surface area contributed by atoms with Crippen LogP contribution >= 0.6 is 0 Å². The summed E-state index contributed by atoms with van der Waals surface area (Å²) in [6.07, 6.45) is 6.00. The molecule has 27 heavy (non-hydrogen) atoms. The highest BCUT2D eigenvalue weighted by Crippen LogP contribution is 2.33. The van der Waals surface area contributed by atoms with Gasteiger partial charge in [-0.05, 0) is 76.7 Å². The molecule has 2 aliphatic rings. The van der Waals surface area contributed by atoms with Crippen LogP contribution in [0.1, 0.15) is 58.4 Å². The number of hydrogen-bond acceptors (Lipinski definition) is 4. The molecule has 150 valence electrons. The number of likely N-dealkylation sites (tertiary alicyclic amines) is 1. The summed E-state index contributed by atoms with van der Waals surface area (Å²) in [4.78, 5) is 17.5. The smallest absolute Gasteiger partial charge is 0.231 e. The minimum absolute atomic E-state index is 0.227. The molecule has 0 spiro atoms. The van der Waals surface area contributed by atoms with Crippen LogP contribution in [0.15, 0.2) is 18.2 Å².